The molecule has 2 aromatic rings. The summed E-state index contributed by atoms with van der Waals surface area (Å²) in [5.74, 6) is 3.01. The molecule has 1 N–H and O–H groups in total. The largest absolute Gasteiger partial charge is 0.316 e. The fourth-order valence-corrected chi connectivity index (χ4v) is 4.52. The SMILES string of the molecule is CNC(Cc1ccc2ccccc2c1)C1C2CCCC21. The fourth-order valence-electron chi connectivity index (χ4n) is 4.52. The number of hydrogen-bond acceptors (Lipinski definition) is 1. The molecule has 0 radical (unpaired) electrons. The lowest BCUT2D eigenvalue weighted by molar-refractivity contribution is 0.428. The highest BCUT2D eigenvalue weighted by atomic mass is 14.9. The van der Waals surface area contributed by atoms with Crippen LogP contribution in [0.25, 0.3) is 10.8 Å². The Hall–Kier alpha value is -1.34. The van der Waals surface area contributed by atoms with Gasteiger partial charge in [-0.2, -0.15) is 0 Å². The second kappa shape index (κ2) is 4.89. The predicted octanol–water partition coefficient (Wildman–Crippen LogP) is 4.02. The van der Waals surface area contributed by atoms with Gasteiger partial charge in [0.15, 0.2) is 0 Å². The molecule has 104 valence electrons. The molecule has 0 amide bonds. The van der Waals surface area contributed by atoms with Gasteiger partial charge in [-0.1, -0.05) is 48.9 Å². The summed E-state index contributed by atoms with van der Waals surface area (Å²) in [6.45, 7) is 0. The van der Waals surface area contributed by atoms with Crippen molar-refractivity contribution in [2.45, 2.75) is 31.7 Å². The molecule has 0 aromatic heterocycles. The van der Waals surface area contributed by atoms with Crippen LogP contribution in [0.2, 0.25) is 0 Å². The molecule has 1 heteroatoms. The Bertz CT molecular complexity index is 608. The lowest BCUT2D eigenvalue weighted by Gasteiger charge is -2.18. The Morgan fingerprint density at radius 1 is 1.05 bits per heavy atom. The first-order chi connectivity index (χ1) is 9.86. The fraction of sp³-hybridized carbons (Fsp3) is 0.474. The summed E-state index contributed by atoms with van der Waals surface area (Å²) < 4.78 is 0. The molecule has 0 aliphatic heterocycles. The van der Waals surface area contributed by atoms with Crippen LogP contribution in [0.1, 0.15) is 24.8 Å². The van der Waals surface area contributed by atoms with Crippen molar-refractivity contribution in [3.8, 4) is 0 Å². The minimum atomic E-state index is 0.673. The third-order valence-electron chi connectivity index (χ3n) is 5.58. The molecule has 0 spiro atoms. The zero-order valence-electron chi connectivity index (χ0n) is 12.2. The highest BCUT2D eigenvalue weighted by Crippen LogP contribution is 2.59. The zero-order chi connectivity index (χ0) is 13.5. The molecule has 0 bridgehead atoms. The summed E-state index contributed by atoms with van der Waals surface area (Å²) in [7, 11) is 2.14. The van der Waals surface area contributed by atoms with Crippen LogP contribution in [0.15, 0.2) is 42.5 Å². The van der Waals surface area contributed by atoms with Gasteiger partial charge < -0.3 is 5.32 Å². The monoisotopic (exact) mass is 265 g/mol. The van der Waals surface area contributed by atoms with E-state index in [9.17, 15) is 0 Å². The first kappa shape index (κ1) is 12.4. The standard InChI is InChI=1S/C19H23N/c1-20-18(19-16-7-4-8-17(16)19)12-13-9-10-14-5-2-3-6-15(14)11-13/h2-3,5-6,9-11,16-20H,4,7-8,12H2,1H3. The number of likely N-dealkylation sites (N-methyl/N-ethyl adjacent to an activating group) is 1. The number of rotatable bonds is 4. The molecule has 4 rings (SSSR count). The van der Waals surface area contributed by atoms with Crippen molar-refractivity contribution in [1.29, 1.82) is 0 Å². The molecule has 20 heavy (non-hydrogen) atoms. The van der Waals surface area contributed by atoms with Gasteiger partial charge in [0.2, 0.25) is 0 Å². The van der Waals surface area contributed by atoms with Gasteiger partial charge in [0, 0.05) is 6.04 Å². The summed E-state index contributed by atoms with van der Waals surface area (Å²) >= 11 is 0. The molecule has 2 aromatic carbocycles. The summed E-state index contributed by atoms with van der Waals surface area (Å²) in [6.07, 6.45) is 5.60. The van der Waals surface area contributed by atoms with Crippen LogP contribution in [-0.2, 0) is 6.42 Å². The van der Waals surface area contributed by atoms with Gasteiger partial charge in [-0.05, 0) is 60.4 Å². The normalized spacial score (nSPS) is 29.4. The third kappa shape index (κ3) is 2.05. The lowest BCUT2D eigenvalue weighted by Crippen LogP contribution is -2.31. The van der Waals surface area contributed by atoms with Crippen LogP contribution in [0.5, 0.6) is 0 Å². The highest BCUT2D eigenvalue weighted by molar-refractivity contribution is 5.83. The molecule has 0 heterocycles. The Morgan fingerprint density at radius 3 is 2.55 bits per heavy atom. The lowest BCUT2D eigenvalue weighted by atomic mass is 9.96. The number of nitrogens with one attached hydrogen (secondary N) is 1. The highest BCUT2D eigenvalue weighted by Gasteiger charge is 2.55. The van der Waals surface area contributed by atoms with E-state index in [2.05, 4.69) is 54.8 Å². The summed E-state index contributed by atoms with van der Waals surface area (Å²) in [5, 5.41) is 6.31. The van der Waals surface area contributed by atoms with Crippen LogP contribution in [0.4, 0.5) is 0 Å². The zero-order valence-corrected chi connectivity index (χ0v) is 12.2. The van der Waals surface area contributed by atoms with Crippen molar-refractivity contribution >= 4 is 10.8 Å². The minimum Gasteiger partial charge on any atom is -0.316 e. The Kier molecular flexibility index (Phi) is 3.03. The van der Waals surface area contributed by atoms with Gasteiger partial charge in [-0.15, -0.1) is 0 Å². The van der Waals surface area contributed by atoms with Gasteiger partial charge in [-0.3, -0.25) is 0 Å². The molecular weight excluding hydrogens is 242 g/mol. The van der Waals surface area contributed by atoms with E-state index in [0.29, 0.717) is 6.04 Å². The Balaban J connectivity index is 1.54. The predicted molar refractivity (Wildman–Crippen MR) is 84.8 cm³/mol. The van der Waals surface area contributed by atoms with Gasteiger partial charge in [0.1, 0.15) is 0 Å². The van der Waals surface area contributed by atoms with Crippen molar-refractivity contribution in [2.24, 2.45) is 17.8 Å². The third-order valence-corrected chi connectivity index (χ3v) is 5.58. The van der Waals surface area contributed by atoms with Crippen LogP contribution in [0.3, 0.4) is 0 Å². The van der Waals surface area contributed by atoms with E-state index in [1.165, 1.54) is 42.0 Å². The quantitative estimate of drug-likeness (QED) is 0.880. The molecule has 2 saturated carbocycles. The second-order valence-electron chi connectivity index (χ2n) is 6.62. The first-order valence-electron chi connectivity index (χ1n) is 8.02. The second-order valence-corrected chi connectivity index (χ2v) is 6.62. The van der Waals surface area contributed by atoms with Crippen molar-refractivity contribution in [1.82, 2.24) is 5.32 Å². The van der Waals surface area contributed by atoms with Crippen LogP contribution < -0.4 is 5.32 Å². The topological polar surface area (TPSA) is 12.0 Å². The van der Waals surface area contributed by atoms with Crippen molar-refractivity contribution < 1.29 is 0 Å². The summed E-state index contributed by atoms with van der Waals surface area (Å²) in [4.78, 5) is 0. The Morgan fingerprint density at radius 2 is 1.80 bits per heavy atom. The maximum Gasteiger partial charge on any atom is 0.0138 e. The van der Waals surface area contributed by atoms with Crippen molar-refractivity contribution in [3.63, 3.8) is 0 Å². The maximum absolute atomic E-state index is 3.59. The van der Waals surface area contributed by atoms with E-state index in [-0.39, 0.29) is 0 Å². The van der Waals surface area contributed by atoms with Gasteiger partial charge in [0.05, 0.1) is 0 Å². The van der Waals surface area contributed by atoms with E-state index < -0.39 is 0 Å². The molecule has 2 aliphatic rings. The van der Waals surface area contributed by atoms with E-state index in [1.54, 1.807) is 0 Å². The first-order valence-corrected chi connectivity index (χ1v) is 8.02. The van der Waals surface area contributed by atoms with E-state index in [1.807, 2.05) is 0 Å². The summed E-state index contributed by atoms with van der Waals surface area (Å²) in [6, 6.07) is 16.3. The van der Waals surface area contributed by atoms with Crippen LogP contribution in [0, 0.1) is 17.8 Å². The van der Waals surface area contributed by atoms with E-state index in [0.717, 1.165) is 17.8 Å². The number of benzene rings is 2. The maximum atomic E-state index is 3.59. The van der Waals surface area contributed by atoms with Crippen LogP contribution in [-0.4, -0.2) is 13.1 Å². The minimum absolute atomic E-state index is 0.673. The van der Waals surface area contributed by atoms with Crippen molar-refractivity contribution in [3.05, 3.63) is 48.0 Å². The van der Waals surface area contributed by atoms with Gasteiger partial charge >= 0.3 is 0 Å². The molecule has 2 fully saturated rings. The Labute approximate surface area is 121 Å². The van der Waals surface area contributed by atoms with E-state index >= 15 is 0 Å². The summed E-state index contributed by atoms with van der Waals surface area (Å²) in [5.41, 5.74) is 1.48. The number of fused-ring (bicyclic) bond motifs is 2. The average molecular weight is 265 g/mol. The number of hydrogen-bond donors (Lipinski definition) is 1. The smallest absolute Gasteiger partial charge is 0.0138 e. The molecule has 0 saturated heterocycles. The van der Waals surface area contributed by atoms with Gasteiger partial charge in [-0.25, -0.2) is 0 Å². The van der Waals surface area contributed by atoms with Gasteiger partial charge in [0.25, 0.3) is 0 Å². The molecule has 3 unspecified atom stereocenters. The van der Waals surface area contributed by atoms with Crippen LogP contribution >= 0.6 is 0 Å². The molecule has 3 atom stereocenters. The van der Waals surface area contributed by atoms with E-state index in [4.69, 9.17) is 0 Å². The molecule has 2 aliphatic carbocycles. The van der Waals surface area contributed by atoms with Crippen molar-refractivity contribution in [2.75, 3.05) is 7.05 Å². The molecule has 1 nitrogen and oxygen atoms in total. The average Bonchev–Trinajstić information content (AvgIpc) is 2.96. The molecular formula is C19H23N.